The zero-order valence-corrected chi connectivity index (χ0v) is 43.4. The van der Waals surface area contributed by atoms with Crippen molar-refractivity contribution in [3.63, 3.8) is 0 Å². The van der Waals surface area contributed by atoms with Crippen LogP contribution in [0.3, 0.4) is 0 Å². The minimum atomic E-state index is -4.86. The normalized spacial score (nSPS) is 12.2. The molecule has 0 fully saturated rings. The lowest BCUT2D eigenvalue weighted by Crippen LogP contribution is -2.30. The summed E-state index contributed by atoms with van der Waals surface area (Å²) in [5.41, 5.74) is 2.22. The van der Waals surface area contributed by atoms with Crippen molar-refractivity contribution in [1.82, 2.24) is 29.1 Å². The minimum Gasteiger partial charge on any atom is -0.396 e. The Kier molecular flexibility index (Phi) is 15.7. The number of thiazole rings is 2. The molecule has 6 heterocycles. The third-order valence-corrected chi connectivity index (χ3v) is 15.7. The van der Waals surface area contributed by atoms with Crippen LogP contribution in [0.15, 0.2) is 116 Å². The van der Waals surface area contributed by atoms with Crippen LogP contribution in [0.1, 0.15) is 11.4 Å². The molecule has 0 radical (unpaired) electrons. The fourth-order valence-electron chi connectivity index (χ4n) is 7.82. The number of benzene rings is 4. The molecule has 0 amide bonds. The number of nitrogens with zero attached hydrogens (tertiary/aromatic N) is 6. The summed E-state index contributed by atoms with van der Waals surface area (Å²) in [6.45, 7) is -0.326. The van der Waals surface area contributed by atoms with E-state index < -0.39 is 134 Å². The highest BCUT2D eigenvalue weighted by molar-refractivity contribution is 8.13. The lowest BCUT2D eigenvalue weighted by molar-refractivity contribution is -0.141. The Morgan fingerprint density at radius 1 is 0.582 bits per heavy atom. The molecule has 0 aliphatic rings. The zero-order valence-electron chi connectivity index (χ0n) is 39.4. The van der Waals surface area contributed by atoms with Gasteiger partial charge in [-0.25, -0.2) is 53.1 Å². The molecule has 79 heavy (non-hydrogen) atoms. The number of nitrogen functional groups attached to an aromatic ring is 1. The number of anilines is 2. The van der Waals surface area contributed by atoms with E-state index in [-0.39, 0.29) is 36.7 Å². The second-order valence-electron chi connectivity index (χ2n) is 16.7. The van der Waals surface area contributed by atoms with Gasteiger partial charge in [-0.05, 0) is 86.6 Å². The van der Waals surface area contributed by atoms with Crippen LogP contribution in [0.4, 0.5) is 64.1 Å². The average Bonchev–Trinajstić information content (AvgIpc) is 4.09. The second kappa shape index (κ2) is 21.5. The summed E-state index contributed by atoms with van der Waals surface area (Å²) >= 11 is 1.87. The van der Waals surface area contributed by atoms with Crippen molar-refractivity contribution in [2.24, 2.45) is 0 Å². The molecule has 0 aliphatic heterocycles. The zero-order chi connectivity index (χ0) is 57.8. The number of alkyl halides is 6. The van der Waals surface area contributed by atoms with E-state index >= 15 is 4.39 Å². The van der Waals surface area contributed by atoms with Crippen molar-refractivity contribution >= 4 is 106 Å². The highest BCUT2D eigenvalue weighted by Crippen LogP contribution is 2.35. The van der Waals surface area contributed by atoms with E-state index in [9.17, 15) is 74.7 Å². The van der Waals surface area contributed by atoms with Gasteiger partial charge in [0.05, 0.1) is 76.1 Å². The average molecular weight is 1210 g/mol. The van der Waals surface area contributed by atoms with E-state index in [4.69, 9.17) is 16.4 Å². The van der Waals surface area contributed by atoms with Gasteiger partial charge in [0.1, 0.15) is 34.5 Å². The Morgan fingerprint density at radius 3 is 1.47 bits per heavy atom. The summed E-state index contributed by atoms with van der Waals surface area (Å²) in [6, 6.07) is 12.4. The quantitative estimate of drug-likeness (QED) is 0.0832. The summed E-state index contributed by atoms with van der Waals surface area (Å²) in [5.74, 6) is -7.22. The number of fused-ring (bicyclic) bond motifs is 4. The Labute approximate surface area is 447 Å². The maximum Gasteiger partial charge on any atom is 0.406 e. The molecule has 31 heteroatoms. The summed E-state index contributed by atoms with van der Waals surface area (Å²) in [5, 5.41) is 0.111. The molecule has 0 atom stereocenters. The first-order valence-corrected chi connectivity index (χ1v) is 27.3. The molecule has 3 N–H and O–H groups in total. The first-order valence-electron chi connectivity index (χ1n) is 21.7. The van der Waals surface area contributed by atoms with Gasteiger partial charge in [-0.3, -0.25) is 33.4 Å². The van der Waals surface area contributed by atoms with Crippen molar-refractivity contribution in [1.29, 1.82) is 0 Å². The Balaban J connectivity index is 0.000000175. The molecular weight excluding hydrogens is 1180 g/mol. The molecule has 4 aromatic carbocycles. The van der Waals surface area contributed by atoms with Gasteiger partial charge in [-0.15, -0.1) is 22.7 Å². The van der Waals surface area contributed by atoms with E-state index in [1.165, 1.54) is 48.4 Å². The first-order chi connectivity index (χ1) is 36.8. The Hall–Kier alpha value is -7.67. The molecule has 0 bridgehead atoms. The third kappa shape index (κ3) is 12.0. The Bertz CT molecular complexity index is 4460. The van der Waals surface area contributed by atoms with Gasteiger partial charge in [-0.2, -0.15) is 26.3 Å². The van der Waals surface area contributed by atoms with Gasteiger partial charge >= 0.3 is 12.4 Å². The largest absolute Gasteiger partial charge is 0.406 e. The lowest BCUT2D eigenvalue weighted by atomic mass is 10.0. The van der Waals surface area contributed by atoms with E-state index in [2.05, 4.69) is 19.9 Å². The smallest absolute Gasteiger partial charge is 0.396 e. The van der Waals surface area contributed by atoms with Crippen LogP contribution in [0.2, 0.25) is 0 Å². The molecule has 0 unspecified atom stereocenters. The van der Waals surface area contributed by atoms with E-state index in [1.807, 2.05) is 4.72 Å². The fraction of sp³-hybridized carbons (Fsp3) is 0.125. The summed E-state index contributed by atoms with van der Waals surface area (Å²) in [7, 11) is -3.76. The molecule has 10 aromatic rings. The number of halogens is 13. The maximum absolute atomic E-state index is 15.6. The maximum atomic E-state index is 15.6. The number of hydrogen-bond donors (Lipinski definition) is 2. The van der Waals surface area contributed by atoms with Gasteiger partial charge < -0.3 is 5.73 Å². The number of aromatic nitrogens is 6. The number of rotatable bonds is 8. The molecule has 412 valence electrons. The van der Waals surface area contributed by atoms with Crippen molar-refractivity contribution in [2.45, 2.75) is 49.1 Å². The van der Waals surface area contributed by atoms with Crippen molar-refractivity contribution in [3.8, 4) is 22.3 Å². The molecule has 0 aliphatic carbocycles. The van der Waals surface area contributed by atoms with Crippen LogP contribution < -0.4 is 21.6 Å². The van der Waals surface area contributed by atoms with E-state index in [0.717, 1.165) is 65.3 Å². The second-order valence-corrected chi connectivity index (χ2v) is 22.6. The SMILES string of the molecule is Cc1cc2c(cn1)cc(-c1c(F)ccc(N)c1F)c(=O)n2CC(F)(F)F.Cc1cc2c(cn1)cc(-c1c(F)ccc(NS(=O)(=O)c3ccc4ncsc4c3F)c1F)c(=O)n2CC(F)(F)F.O=S(=O)(Cl)c1ccc2ncsc2c1F. The van der Waals surface area contributed by atoms with Crippen LogP contribution >= 0.6 is 33.4 Å². The number of hydrogen-bond acceptors (Lipinski definition) is 13. The van der Waals surface area contributed by atoms with Gasteiger partial charge in [0, 0.05) is 45.2 Å². The molecule has 0 spiro atoms. The minimum absolute atomic E-state index is 0.0239. The predicted octanol–water partition coefficient (Wildman–Crippen LogP) is 11.9. The summed E-state index contributed by atoms with van der Waals surface area (Å²) < 4.78 is 217. The van der Waals surface area contributed by atoms with Crippen LogP contribution in [-0.2, 0) is 32.2 Å². The molecule has 0 saturated carbocycles. The topological polar surface area (TPSA) is 202 Å². The van der Waals surface area contributed by atoms with E-state index in [0.29, 0.717) is 38.2 Å². The standard InChI is InChI=1S/C24H14F6N4O3S2.C17H12F5N3O.C7H3ClFNO2S2/c1-11-6-17-12(8-31-11)7-13(23(35)34(17)9-24(28,29)30)19-14(25)2-3-15(20(19)26)33-39(36,37)18-5-4-16-22(21(18)27)38-10-32-16;1-8-4-13-9(6-24-8)5-10(16(26)25(13)7-17(20,21)22)14-11(18)2-3-12(23)15(14)19;8-14(11,12)5-2-1-4-7(6(5)9)13-3-10-4/h2-8,10,33H,9H2,1H3;2-6H,7,23H2,1H3;1-3H. The molecular formula is C48H29ClF12N8O6S4. The number of nitrogens with two attached hydrogens (primary N) is 1. The number of aryl methyl sites for hydroxylation is 2. The highest BCUT2D eigenvalue weighted by Gasteiger charge is 2.33. The molecule has 10 rings (SSSR count). The van der Waals surface area contributed by atoms with Crippen molar-refractivity contribution in [3.05, 3.63) is 163 Å². The van der Waals surface area contributed by atoms with Crippen molar-refractivity contribution < 1.29 is 69.5 Å². The van der Waals surface area contributed by atoms with Crippen LogP contribution in [0.25, 0.3) is 64.5 Å². The summed E-state index contributed by atoms with van der Waals surface area (Å²) in [4.78, 5) is 40.1. The van der Waals surface area contributed by atoms with Crippen LogP contribution in [0, 0.1) is 48.8 Å². The lowest BCUT2D eigenvalue weighted by Gasteiger charge is -2.17. The highest BCUT2D eigenvalue weighted by atomic mass is 35.7. The predicted molar refractivity (Wildman–Crippen MR) is 272 cm³/mol. The number of sulfonamides is 1. The van der Waals surface area contributed by atoms with Crippen LogP contribution in [-0.4, -0.2) is 58.3 Å². The van der Waals surface area contributed by atoms with Crippen LogP contribution in [0.5, 0.6) is 0 Å². The van der Waals surface area contributed by atoms with Gasteiger partial charge in [0.15, 0.2) is 23.3 Å². The van der Waals surface area contributed by atoms with E-state index in [1.54, 1.807) is 6.92 Å². The fourth-order valence-corrected chi connectivity index (χ4v) is 11.4. The van der Waals surface area contributed by atoms with Gasteiger partial charge in [0.25, 0.3) is 30.2 Å². The molecule has 14 nitrogen and oxygen atoms in total. The molecule has 6 aromatic heterocycles. The Morgan fingerprint density at radius 2 is 1.01 bits per heavy atom. The van der Waals surface area contributed by atoms with Gasteiger partial charge in [0.2, 0.25) is 0 Å². The van der Waals surface area contributed by atoms with Crippen molar-refractivity contribution in [2.75, 3.05) is 10.5 Å². The third-order valence-electron chi connectivity index (χ3n) is 11.3. The first kappa shape index (κ1) is 57.5. The number of pyridine rings is 4. The number of nitrogens with one attached hydrogen (secondary N) is 1. The molecule has 0 saturated heterocycles. The summed E-state index contributed by atoms with van der Waals surface area (Å²) in [6.07, 6.45) is -7.19. The van der Waals surface area contributed by atoms with Gasteiger partial charge in [-0.1, -0.05) is 0 Å². The monoisotopic (exact) mass is 1200 g/mol.